The second-order valence-corrected chi connectivity index (χ2v) is 4.69. The molecule has 1 aromatic heterocycles. The van der Waals surface area contributed by atoms with Crippen LogP contribution in [0.15, 0.2) is 54.7 Å². The van der Waals surface area contributed by atoms with E-state index >= 15 is 0 Å². The molecule has 0 aliphatic carbocycles. The summed E-state index contributed by atoms with van der Waals surface area (Å²) < 4.78 is 20.8. The molecular formula is C17H14FNO2. The van der Waals surface area contributed by atoms with E-state index in [1.807, 2.05) is 28.8 Å². The summed E-state index contributed by atoms with van der Waals surface area (Å²) in [6.45, 7) is 0.876. The highest BCUT2D eigenvalue weighted by Crippen LogP contribution is 2.20. The number of para-hydroxylation sites is 2. The second-order valence-electron chi connectivity index (χ2n) is 4.69. The van der Waals surface area contributed by atoms with Crippen molar-refractivity contribution < 1.29 is 13.9 Å². The molecule has 0 amide bonds. The predicted molar refractivity (Wildman–Crippen MR) is 79.2 cm³/mol. The quantitative estimate of drug-likeness (QED) is 0.669. The van der Waals surface area contributed by atoms with Crippen LogP contribution >= 0.6 is 0 Å². The molecule has 0 bridgehead atoms. The largest absolute Gasteiger partial charge is 0.489 e. The number of carbonyl (C=O) groups excluding carboxylic acids is 1. The van der Waals surface area contributed by atoms with Crippen LogP contribution in [0.3, 0.4) is 0 Å². The normalized spacial score (nSPS) is 10.7. The summed E-state index contributed by atoms with van der Waals surface area (Å²) in [5.41, 5.74) is 1.62. The monoisotopic (exact) mass is 283 g/mol. The maximum Gasteiger partial charge on any atom is 0.165 e. The molecule has 0 unspecified atom stereocenters. The van der Waals surface area contributed by atoms with Gasteiger partial charge < -0.3 is 9.30 Å². The maximum absolute atomic E-state index is 13.4. The minimum atomic E-state index is -0.372. The van der Waals surface area contributed by atoms with Gasteiger partial charge in [-0.2, -0.15) is 0 Å². The molecule has 0 saturated carbocycles. The van der Waals surface area contributed by atoms with Crippen molar-refractivity contribution in [3.63, 3.8) is 0 Å². The van der Waals surface area contributed by atoms with E-state index in [1.165, 1.54) is 6.07 Å². The number of aldehydes is 1. The SMILES string of the molecule is O=Cc1cn(CCOc2ccccc2F)c2ccccc12. The van der Waals surface area contributed by atoms with Gasteiger partial charge in [-0.15, -0.1) is 0 Å². The molecule has 0 aliphatic heterocycles. The number of halogens is 1. The minimum absolute atomic E-state index is 0.240. The summed E-state index contributed by atoms with van der Waals surface area (Å²) in [5.74, 6) is -0.131. The van der Waals surface area contributed by atoms with Crippen LogP contribution in [0.5, 0.6) is 5.75 Å². The lowest BCUT2D eigenvalue weighted by molar-refractivity contribution is 0.112. The van der Waals surface area contributed by atoms with E-state index in [0.29, 0.717) is 18.7 Å². The molecule has 0 aliphatic rings. The lowest BCUT2D eigenvalue weighted by atomic mass is 10.2. The zero-order chi connectivity index (χ0) is 14.7. The van der Waals surface area contributed by atoms with E-state index in [-0.39, 0.29) is 11.6 Å². The first kappa shape index (κ1) is 13.4. The summed E-state index contributed by atoms with van der Waals surface area (Å²) in [5, 5.41) is 0.915. The molecule has 0 radical (unpaired) electrons. The van der Waals surface area contributed by atoms with E-state index in [4.69, 9.17) is 4.74 Å². The molecule has 3 aromatic rings. The Morgan fingerprint density at radius 3 is 2.67 bits per heavy atom. The average molecular weight is 283 g/mol. The Bertz CT molecular complexity index is 779. The van der Waals surface area contributed by atoms with E-state index in [1.54, 1.807) is 24.4 Å². The van der Waals surface area contributed by atoms with Crippen molar-refractivity contribution >= 4 is 17.2 Å². The highest BCUT2D eigenvalue weighted by atomic mass is 19.1. The fourth-order valence-electron chi connectivity index (χ4n) is 2.37. The van der Waals surface area contributed by atoms with Gasteiger partial charge in [0.15, 0.2) is 17.9 Å². The van der Waals surface area contributed by atoms with Crippen molar-refractivity contribution in [2.75, 3.05) is 6.61 Å². The van der Waals surface area contributed by atoms with Crippen LogP contribution in [-0.4, -0.2) is 17.5 Å². The molecule has 1 heterocycles. The topological polar surface area (TPSA) is 31.2 Å². The Hall–Kier alpha value is -2.62. The summed E-state index contributed by atoms with van der Waals surface area (Å²) in [6.07, 6.45) is 2.64. The third-order valence-corrected chi connectivity index (χ3v) is 3.37. The third-order valence-electron chi connectivity index (χ3n) is 3.37. The highest BCUT2D eigenvalue weighted by molar-refractivity contribution is 5.97. The van der Waals surface area contributed by atoms with E-state index in [0.717, 1.165) is 17.2 Å². The first-order valence-corrected chi connectivity index (χ1v) is 6.70. The number of benzene rings is 2. The van der Waals surface area contributed by atoms with E-state index in [2.05, 4.69) is 0 Å². The summed E-state index contributed by atoms with van der Waals surface area (Å²) in [6, 6.07) is 14.0. The predicted octanol–water partition coefficient (Wildman–Crippen LogP) is 3.67. The van der Waals surface area contributed by atoms with Crippen molar-refractivity contribution in [1.82, 2.24) is 4.57 Å². The molecule has 0 fully saturated rings. The Labute approximate surface area is 121 Å². The van der Waals surface area contributed by atoms with Crippen molar-refractivity contribution in [1.29, 1.82) is 0 Å². The van der Waals surface area contributed by atoms with Crippen LogP contribution < -0.4 is 4.74 Å². The lowest BCUT2D eigenvalue weighted by Crippen LogP contribution is -2.07. The molecule has 0 N–H and O–H groups in total. The molecule has 0 atom stereocenters. The van der Waals surface area contributed by atoms with Gasteiger partial charge in [0.25, 0.3) is 0 Å². The van der Waals surface area contributed by atoms with Gasteiger partial charge in [0.2, 0.25) is 0 Å². The first-order valence-electron chi connectivity index (χ1n) is 6.70. The summed E-state index contributed by atoms with van der Waals surface area (Å²) in [7, 11) is 0. The van der Waals surface area contributed by atoms with Crippen molar-refractivity contribution in [3.8, 4) is 5.75 Å². The van der Waals surface area contributed by atoms with Gasteiger partial charge in [-0.3, -0.25) is 4.79 Å². The number of aromatic nitrogens is 1. The third kappa shape index (κ3) is 2.65. The number of nitrogens with zero attached hydrogens (tertiary/aromatic N) is 1. The number of carbonyl (C=O) groups is 1. The van der Waals surface area contributed by atoms with Crippen LogP contribution in [0.4, 0.5) is 4.39 Å². The fourth-order valence-corrected chi connectivity index (χ4v) is 2.37. The molecule has 3 rings (SSSR count). The van der Waals surface area contributed by atoms with Crippen LogP contribution in [0.25, 0.3) is 10.9 Å². The van der Waals surface area contributed by atoms with Gasteiger partial charge in [0, 0.05) is 22.7 Å². The first-order chi connectivity index (χ1) is 10.3. The van der Waals surface area contributed by atoms with Gasteiger partial charge in [0.05, 0.1) is 6.54 Å². The number of hydrogen-bond acceptors (Lipinski definition) is 2. The minimum Gasteiger partial charge on any atom is -0.489 e. The van der Waals surface area contributed by atoms with Gasteiger partial charge in [-0.25, -0.2) is 4.39 Å². The molecule has 106 valence electrons. The molecule has 2 aromatic carbocycles. The molecule has 3 nitrogen and oxygen atoms in total. The highest BCUT2D eigenvalue weighted by Gasteiger charge is 2.07. The fraction of sp³-hybridized carbons (Fsp3) is 0.118. The molecule has 0 saturated heterocycles. The average Bonchev–Trinajstić information content (AvgIpc) is 2.88. The zero-order valence-electron chi connectivity index (χ0n) is 11.3. The molecule has 4 heteroatoms. The van der Waals surface area contributed by atoms with Crippen molar-refractivity contribution in [3.05, 3.63) is 66.1 Å². The molecule has 0 spiro atoms. The number of ether oxygens (including phenoxy) is 1. The van der Waals surface area contributed by atoms with Gasteiger partial charge >= 0.3 is 0 Å². The van der Waals surface area contributed by atoms with E-state index < -0.39 is 0 Å². The molecule has 21 heavy (non-hydrogen) atoms. The summed E-state index contributed by atoms with van der Waals surface area (Å²) >= 11 is 0. The van der Waals surface area contributed by atoms with Crippen LogP contribution in [0.1, 0.15) is 10.4 Å². The Morgan fingerprint density at radius 2 is 1.86 bits per heavy atom. The van der Waals surface area contributed by atoms with Crippen LogP contribution in [0, 0.1) is 5.82 Å². The smallest absolute Gasteiger partial charge is 0.165 e. The van der Waals surface area contributed by atoms with Crippen LogP contribution in [0.2, 0.25) is 0 Å². The number of hydrogen-bond donors (Lipinski definition) is 0. The standard InChI is InChI=1S/C17H14FNO2/c18-15-6-2-4-8-17(15)21-10-9-19-11-13(12-20)14-5-1-3-7-16(14)19/h1-8,11-12H,9-10H2. The Morgan fingerprint density at radius 1 is 1.10 bits per heavy atom. The number of fused-ring (bicyclic) bond motifs is 1. The van der Waals surface area contributed by atoms with Crippen LogP contribution in [-0.2, 0) is 6.54 Å². The molecular weight excluding hydrogens is 269 g/mol. The van der Waals surface area contributed by atoms with Gasteiger partial charge in [0.1, 0.15) is 6.61 Å². The van der Waals surface area contributed by atoms with Crippen molar-refractivity contribution in [2.45, 2.75) is 6.54 Å². The van der Waals surface area contributed by atoms with Crippen molar-refractivity contribution in [2.24, 2.45) is 0 Å². The zero-order valence-corrected chi connectivity index (χ0v) is 11.3. The van der Waals surface area contributed by atoms with Gasteiger partial charge in [-0.05, 0) is 18.2 Å². The Balaban J connectivity index is 1.77. The second kappa shape index (κ2) is 5.79. The maximum atomic E-state index is 13.4. The number of rotatable bonds is 5. The van der Waals surface area contributed by atoms with E-state index in [9.17, 15) is 9.18 Å². The Kier molecular flexibility index (Phi) is 3.69. The summed E-state index contributed by atoms with van der Waals surface area (Å²) in [4.78, 5) is 11.1. The lowest BCUT2D eigenvalue weighted by Gasteiger charge is -2.08. The van der Waals surface area contributed by atoms with Gasteiger partial charge in [-0.1, -0.05) is 30.3 Å².